The molecule has 27 heavy (non-hydrogen) atoms. The summed E-state index contributed by atoms with van der Waals surface area (Å²) < 4.78 is 25.9. The number of ether oxygens (including phenoxy) is 2. The third-order valence-corrected chi connectivity index (χ3v) is 5.43. The Bertz CT molecular complexity index is 910. The molecule has 2 aromatic carbocycles. The van der Waals surface area contributed by atoms with Crippen molar-refractivity contribution in [3.05, 3.63) is 64.8 Å². The average molecular weight is 387 g/mol. The molecule has 0 saturated heterocycles. The minimum Gasteiger partial charge on any atom is -0.494 e. The van der Waals surface area contributed by atoms with Crippen molar-refractivity contribution in [2.75, 3.05) is 27.3 Å². The lowest BCUT2D eigenvalue weighted by molar-refractivity contribution is 0.0788. The van der Waals surface area contributed by atoms with Crippen LogP contribution in [0.4, 0.5) is 4.39 Å². The molecule has 4 nitrogen and oxygen atoms in total. The third kappa shape index (κ3) is 4.46. The molecular weight excluding hydrogens is 365 g/mol. The maximum absolute atomic E-state index is 14.3. The highest BCUT2D eigenvalue weighted by atomic mass is 32.1. The van der Waals surface area contributed by atoms with Gasteiger partial charge in [-0.3, -0.25) is 4.79 Å². The maximum atomic E-state index is 14.3. The molecule has 0 radical (unpaired) electrons. The molecule has 0 aliphatic rings. The van der Waals surface area contributed by atoms with Gasteiger partial charge in [0.15, 0.2) is 0 Å². The van der Waals surface area contributed by atoms with Crippen molar-refractivity contribution in [2.45, 2.75) is 13.0 Å². The molecule has 1 aromatic heterocycles. The van der Waals surface area contributed by atoms with E-state index in [0.717, 1.165) is 10.4 Å². The SMILES string of the molecule is COCc1c(C(=O)N(C)CCCOc2ccccc2)sc2cccc(F)c12. The van der Waals surface area contributed by atoms with Crippen LogP contribution in [0, 0.1) is 5.82 Å². The van der Waals surface area contributed by atoms with E-state index in [1.54, 1.807) is 25.1 Å². The molecule has 0 unspecified atom stereocenters. The van der Waals surface area contributed by atoms with Gasteiger partial charge in [0, 0.05) is 36.4 Å². The van der Waals surface area contributed by atoms with Crippen LogP contribution in [0.1, 0.15) is 21.7 Å². The Morgan fingerprint density at radius 3 is 2.67 bits per heavy atom. The molecular formula is C21H22FNO3S. The Kier molecular flexibility index (Phi) is 6.42. The lowest BCUT2D eigenvalue weighted by Crippen LogP contribution is -2.28. The first-order valence-electron chi connectivity index (χ1n) is 8.74. The Balaban J connectivity index is 1.67. The lowest BCUT2D eigenvalue weighted by atomic mass is 10.1. The fourth-order valence-electron chi connectivity index (χ4n) is 2.91. The molecule has 0 atom stereocenters. The number of amides is 1. The van der Waals surface area contributed by atoms with Crippen LogP contribution in [0.25, 0.3) is 10.1 Å². The molecule has 0 saturated carbocycles. The summed E-state index contributed by atoms with van der Waals surface area (Å²) in [5.74, 6) is 0.366. The van der Waals surface area contributed by atoms with E-state index in [4.69, 9.17) is 9.47 Å². The van der Waals surface area contributed by atoms with Crippen LogP contribution in [0.3, 0.4) is 0 Å². The van der Waals surface area contributed by atoms with Crippen LogP contribution in [0.2, 0.25) is 0 Å². The number of hydrogen-bond acceptors (Lipinski definition) is 4. The largest absolute Gasteiger partial charge is 0.494 e. The highest BCUT2D eigenvalue weighted by Crippen LogP contribution is 2.34. The first-order valence-corrected chi connectivity index (χ1v) is 9.55. The summed E-state index contributed by atoms with van der Waals surface area (Å²) in [6.45, 7) is 1.27. The van der Waals surface area contributed by atoms with Crippen LogP contribution in [0.15, 0.2) is 48.5 Å². The number of nitrogens with zero attached hydrogens (tertiary/aromatic N) is 1. The molecule has 1 amide bonds. The molecule has 0 N–H and O–H groups in total. The number of fused-ring (bicyclic) bond motifs is 1. The number of carbonyl (C=O) groups is 1. The van der Waals surface area contributed by atoms with Crippen LogP contribution in [-0.4, -0.2) is 38.1 Å². The Morgan fingerprint density at radius 2 is 1.93 bits per heavy atom. The predicted molar refractivity (Wildman–Crippen MR) is 106 cm³/mol. The highest BCUT2D eigenvalue weighted by molar-refractivity contribution is 7.21. The van der Waals surface area contributed by atoms with Gasteiger partial charge in [0.1, 0.15) is 11.6 Å². The van der Waals surface area contributed by atoms with Gasteiger partial charge in [0.05, 0.1) is 18.1 Å². The van der Waals surface area contributed by atoms with Crippen LogP contribution < -0.4 is 4.74 Å². The lowest BCUT2D eigenvalue weighted by Gasteiger charge is -2.17. The number of hydrogen-bond donors (Lipinski definition) is 0. The number of benzene rings is 2. The summed E-state index contributed by atoms with van der Waals surface area (Å²) >= 11 is 1.31. The Morgan fingerprint density at radius 1 is 1.15 bits per heavy atom. The number of methoxy groups -OCH3 is 1. The zero-order valence-electron chi connectivity index (χ0n) is 15.4. The van der Waals surface area contributed by atoms with Crippen LogP contribution in [0.5, 0.6) is 5.75 Å². The molecule has 142 valence electrons. The second-order valence-electron chi connectivity index (χ2n) is 6.20. The smallest absolute Gasteiger partial charge is 0.264 e. The highest BCUT2D eigenvalue weighted by Gasteiger charge is 2.22. The molecule has 0 fully saturated rings. The van der Waals surface area contributed by atoms with E-state index < -0.39 is 0 Å². The van der Waals surface area contributed by atoms with E-state index in [-0.39, 0.29) is 18.3 Å². The van der Waals surface area contributed by atoms with Gasteiger partial charge in [-0.15, -0.1) is 11.3 Å². The fourth-order valence-corrected chi connectivity index (χ4v) is 4.12. The second-order valence-corrected chi connectivity index (χ2v) is 7.25. The van der Waals surface area contributed by atoms with Crippen molar-refractivity contribution in [2.24, 2.45) is 0 Å². The van der Waals surface area contributed by atoms with E-state index in [1.165, 1.54) is 17.4 Å². The summed E-state index contributed by atoms with van der Waals surface area (Å²) in [7, 11) is 3.30. The number of rotatable bonds is 8. The van der Waals surface area contributed by atoms with Gasteiger partial charge in [-0.05, 0) is 30.7 Å². The van der Waals surface area contributed by atoms with Crippen molar-refractivity contribution < 1.29 is 18.7 Å². The van der Waals surface area contributed by atoms with Gasteiger partial charge in [0.25, 0.3) is 5.91 Å². The number of carbonyl (C=O) groups excluding carboxylic acids is 1. The van der Waals surface area contributed by atoms with Gasteiger partial charge in [-0.1, -0.05) is 24.3 Å². The standard InChI is InChI=1S/C21H22FNO3S/c1-23(12-7-13-26-15-8-4-3-5-9-15)21(24)20-16(14-25-2)19-17(22)10-6-11-18(19)27-20/h3-6,8-11H,7,12-14H2,1-2H3. The summed E-state index contributed by atoms with van der Waals surface area (Å²) in [6.07, 6.45) is 0.704. The van der Waals surface area contributed by atoms with E-state index in [2.05, 4.69) is 0 Å². The Hall–Kier alpha value is -2.44. The molecule has 0 aliphatic carbocycles. The summed E-state index contributed by atoms with van der Waals surface area (Å²) in [6, 6.07) is 14.5. The van der Waals surface area contributed by atoms with Gasteiger partial charge in [-0.25, -0.2) is 4.39 Å². The molecule has 3 rings (SSSR count). The number of halogens is 1. The van der Waals surface area contributed by atoms with Gasteiger partial charge >= 0.3 is 0 Å². The van der Waals surface area contributed by atoms with E-state index >= 15 is 0 Å². The van der Waals surface area contributed by atoms with Crippen molar-refractivity contribution in [3.8, 4) is 5.75 Å². The minimum absolute atomic E-state index is 0.123. The molecule has 1 heterocycles. The zero-order chi connectivity index (χ0) is 19.2. The topological polar surface area (TPSA) is 38.8 Å². The maximum Gasteiger partial charge on any atom is 0.264 e. The quantitative estimate of drug-likeness (QED) is 0.525. The molecule has 3 aromatic rings. The Labute approximate surface area is 162 Å². The van der Waals surface area contributed by atoms with E-state index in [0.29, 0.717) is 35.4 Å². The van der Waals surface area contributed by atoms with Crippen LogP contribution >= 0.6 is 11.3 Å². The van der Waals surface area contributed by atoms with Gasteiger partial charge in [-0.2, -0.15) is 0 Å². The number of thiophene rings is 1. The van der Waals surface area contributed by atoms with Crippen molar-refractivity contribution in [3.63, 3.8) is 0 Å². The third-order valence-electron chi connectivity index (χ3n) is 4.24. The molecule has 0 aliphatic heterocycles. The summed E-state index contributed by atoms with van der Waals surface area (Å²) in [5, 5.41) is 0.480. The minimum atomic E-state index is -0.325. The first kappa shape index (κ1) is 19.3. The summed E-state index contributed by atoms with van der Waals surface area (Å²) in [5.41, 5.74) is 0.619. The predicted octanol–water partition coefficient (Wildman–Crippen LogP) is 4.73. The average Bonchev–Trinajstić information content (AvgIpc) is 3.05. The van der Waals surface area contributed by atoms with Crippen molar-refractivity contribution >= 4 is 27.3 Å². The molecule has 0 bridgehead atoms. The number of para-hydroxylation sites is 1. The normalized spacial score (nSPS) is 10.9. The fraction of sp³-hybridized carbons (Fsp3) is 0.286. The van der Waals surface area contributed by atoms with E-state index in [1.807, 2.05) is 36.4 Å². The zero-order valence-corrected chi connectivity index (χ0v) is 16.2. The van der Waals surface area contributed by atoms with Crippen molar-refractivity contribution in [1.82, 2.24) is 4.90 Å². The van der Waals surface area contributed by atoms with Crippen LogP contribution in [-0.2, 0) is 11.3 Å². The monoisotopic (exact) mass is 387 g/mol. The first-order chi connectivity index (χ1) is 13.1. The van der Waals surface area contributed by atoms with Gasteiger partial charge in [0.2, 0.25) is 0 Å². The molecule has 0 spiro atoms. The van der Waals surface area contributed by atoms with Gasteiger partial charge < -0.3 is 14.4 Å². The van der Waals surface area contributed by atoms with Crippen molar-refractivity contribution in [1.29, 1.82) is 0 Å². The summed E-state index contributed by atoms with van der Waals surface area (Å²) in [4.78, 5) is 15.1. The van der Waals surface area contributed by atoms with E-state index in [9.17, 15) is 9.18 Å². The molecule has 6 heteroatoms. The second kappa shape index (κ2) is 8.97.